The van der Waals surface area contributed by atoms with Crippen LogP contribution in [0.4, 0.5) is 0 Å². The zero-order valence-corrected chi connectivity index (χ0v) is 21.9. The van der Waals surface area contributed by atoms with Gasteiger partial charge in [0, 0.05) is 47.8 Å². The van der Waals surface area contributed by atoms with E-state index in [1.807, 2.05) is 42.7 Å². The second kappa shape index (κ2) is 10.3. The number of sulfone groups is 1. The number of hydrogen-bond acceptors (Lipinski definition) is 5. The van der Waals surface area contributed by atoms with E-state index in [9.17, 15) is 27.9 Å². The molecule has 3 aromatic rings. The fraction of sp³-hybridized carbons (Fsp3) is 0.321. The third kappa shape index (κ3) is 5.83. The highest BCUT2D eigenvalue weighted by atomic mass is 32.2. The smallest absolute Gasteiger partial charge is 0.337 e. The van der Waals surface area contributed by atoms with Gasteiger partial charge < -0.3 is 14.6 Å². The van der Waals surface area contributed by atoms with Crippen LogP contribution in [0.2, 0.25) is 0 Å². The number of benzene rings is 2. The van der Waals surface area contributed by atoms with E-state index in [1.54, 1.807) is 29.2 Å². The third-order valence-corrected chi connectivity index (χ3v) is 7.58. The monoisotopic (exact) mass is 522 g/mol. The van der Waals surface area contributed by atoms with Crippen LogP contribution in [0.3, 0.4) is 0 Å². The summed E-state index contributed by atoms with van der Waals surface area (Å²) in [6.07, 6.45) is 2.72. The lowest BCUT2D eigenvalue weighted by atomic mass is 9.89. The molecule has 1 aliphatic rings. The van der Waals surface area contributed by atoms with E-state index in [-0.39, 0.29) is 17.4 Å². The highest BCUT2D eigenvalue weighted by Crippen LogP contribution is 2.29. The number of Topliss-reactive ketones (excluding diaryl/α,β-unsaturated/α-hetero) is 1. The van der Waals surface area contributed by atoms with Gasteiger partial charge in [0.1, 0.15) is 5.75 Å². The molecule has 0 saturated carbocycles. The number of hydrogen-bond donors (Lipinski definition) is 1. The Morgan fingerprint density at radius 3 is 2.16 bits per heavy atom. The van der Waals surface area contributed by atoms with Crippen LogP contribution in [0.15, 0.2) is 54.6 Å². The largest absolute Gasteiger partial charge is 0.478 e. The Morgan fingerprint density at radius 2 is 1.57 bits per heavy atom. The van der Waals surface area contributed by atoms with Crippen molar-refractivity contribution < 1.29 is 27.9 Å². The number of carboxylic acids is 1. The van der Waals surface area contributed by atoms with Crippen molar-refractivity contribution in [2.75, 3.05) is 25.1 Å². The molecule has 1 unspecified atom stereocenters. The number of carboxylic acid groups (broad SMARTS) is 1. The molecule has 4 rings (SSSR count). The van der Waals surface area contributed by atoms with Gasteiger partial charge in [-0.2, -0.15) is 0 Å². The highest BCUT2D eigenvalue weighted by Gasteiger charge is 2.27. The standard InChI is InChI=1S/C28H30N2O6S/c1-18-6-7-19(2)30(18)25-15-22(12-13-24(25)28(33)34)27(32)29-14-4-5-23(16-29)20-8-10-21(11-9-20)26(31)17-37(3,35)36/h6-13,15,23H,4-5,14,16-17H2,1-3H3,(H,33,34). The van der Waals surface area contributed by atoms with Crippen molar-refractivity contribution >= 4 is 27.5 Å². The van der Waals surface area contributed by atoms with Gasteiger partial charge in [-0.15, -0.1) is 0 Å². The summed E-state index contributed by atoms with van der Waals surface area (Å²) >= 11 is 0. The first-order valence-electron chi connectivity index (χ1n) is 12.1. The molecule has 1 saturated heterocycles. The summed E-state index contributed by atoms with van der Waals surface area (Å²) in [4.78, 5) is 39.4. The van der Waals surface area contributed by atoms with Crippen molar-refractivity contribution in [3.63, 3.8) is 0 Å². The lowest BCUT2D eigenvalue weighted by Gasteiger charge is -2.33. The molecule has 1 amide bonds. The zero-order valence-electron chi connectivity index (χ0n) is 21.1. The minimum absolute atomic E-state index is 0.0726. The van der Waals surface area contributed by atoms with Crippen molar-refractivity contribution in [3.8, 4) is 5.69 Å². The van der Waals surface area contributed by atoms with Crippen LogP contribution >= 0.6 is 0 Å². The predicted octanol–water partition coefficient (Wildman–Crippen LogP) is 4.04. The molecule has 0 radical (unpaired) electrons. The van der Waals surface area contributed by atoms with E-state index >= 15 is 0 Å². The first kappa shape index (κ1) is 26.3. The number of rotatable bonds is 7. The van der Waals surface area contributed by atoms with Crippen LogP contribution in [0, 0.1) is 13.8 Å². The molecule has 9 heteroatoms. The molecular formula is C28H30N2O6S. The summed E-state index contributed by atoms with van der Waals surface area (Å²) < 4.78 is 24.7. The number of nitrogens with zero attached hydrogens (tertiary/aromatic N) is 2. The molecule has 1 atom stereocenters. The lowest BCUT2D eigenvalue weighted by Crippen LogP contribution is -2.39. The Bertz CT molecular complexity index is 1450. The van der Waals surface area contributed by atoms with Gasteiger partial charge >= 0.3 is 5.97 Å². The van der Waals surface area contributed by atoms with Crippen molar-refractivity contribution in [1.82, 2.24) is 9.47 Å². The Kier molecular flexibility index (Phi) is 7.36. The normalized spacial score (nSPS) is 16.0. The van der Waals surface area contributed by atoms with E-state index in [1.165, 1.54) is 6.07 Å². The van der Waals surface area contributed by atoms with E-state index in [2.05, 4.69) is 0 Å². The highest BCUT2D eigenvalue weighted by molar-refractivity contribution is 7.91. The fourth-order valence-electron chi connectivity index (χ4n) is 4.96. The number of aryl methyl sites for hydroxylation is 2. The molecule has 2 aromatic carbocycles. The molecule has 0 spiro atoms. The Balaban J connectivity index is 1.55. The molecule has 37 heavy (non-hydrogen) atoms. The minimum atomic E-state index is -3.40. The van der Waals surface area contributed by atoms with Crippen molar-refractivity contribution in [2.24, 2.45) is 0 Å². The number of carbonyl (C=O) groups is 3. The predicted molar refractivity (Wildman–Crippen MR) is 141 cm³/mol. The third-order valence-electron chi connectivity index (χ3n) is 6.79. The van der Waals surface area contributed by atoms with Crippen LogP contribution in [0.25, 0.3) is 5.69 Å². The maximum Gasteiger partial charge on any atom is 0.337 e. The number of carbonyl (C=O) groups excluding carboxylic acids is 2. The molecule has 1 fully saturated rings. The summed E-state index contributed by atoms with van der Waals surface area (Å²) in [5, 5.41) is 9.73. The van der Waals surface area contributed by atoms with Crippen molar-refractivity contribution in [2.45, 2.75) is 32.6 Å². The van der Waals surface area contributed by atoms with Gasteiger partial charge in [-0.3, -0.25) is 9.59 Å². The first-order chi connectivity index (χ1) is 17.4. The van der Waals surface area contributed by atoms with Crippen molar-refractivity contribution in [3.05, 3.63) is 88.2 Å². The topological polar surface area (TPSA) is 114 Å². The van der Waals surface area contributed by atoms with Gasteiger partial charge in [-0.1, -0.05) is 24.3 Å². The molecule has 2 heterocycles. The van der Waals surface area contributed by atoms with Crippen LogP contribution in [-0.2, 0) is 9.84 Å². The van der Waals surface area contributed by atoms with E-state index in [0.29, 0.717) is 29.9 Å². The number of piperidine rings is 1. The molecule has 1 N–H and O–H groups in total. The van der Waals surface area contributed by atoms with Gasteiger partial charge in [-0.05, 0) is 62.6 Å². The van der Waals surface area contributed by atoms with E-state index in [4.69, 9.17) is 0 Å². The second-order valence-corrected chi connectivity index (χ2v) is 11.8. The van der Waals surface area contributed by atoms with Gasteiger partial charge in [0.05, 0.1) is 11.3 Å². The lowest BCUT2D eigenvalue weighted by molar-refractivity contribution is 0.0687. The van der Waals surface area contributed by atoms with Crippen LogP contribution < -0.4 is 0 Å². The molecule has 1 aromatic heterocycles. The minimum Gasteiger partial charge on any atom is -0.478 e. The quantitative estimate of drug-likeness (QED) is 0.469. The number of amides is 1. The van der Waals surface area contributed by atoms with E-state index < -0.39 is 27.3 Å². The molecular weight excluding hydrogens is 492 g/mol. The molecule has 0 bridgehead atoms. The molecule has 0 aliphatic carbocycles. The van der Waals surface area contributed by atoms with Gasteiger partial charge in [0.2, 0.25) is 0 Å². The Morgan fingerprint density at radius 1 is 0.946 bits per heavy atom. The number of likely N-dealkylation sites (tertiary alicyclic amines) is 1. The SMILES string of the molecule is Cc1ccc(C)n1-c1cc(C(=O)N2CCCC(c3ccc(C(=O)CS(C)(=O)=O)cc3)C2)ccc1C(=O)O. The molecule has 1 aliphatic heterocycles. The first-order valence-corrected chi connectivity index (χ1v) is 14.1. The van der Waals surface area contributed by atoms with E-state index in [0.717, 1.165) is 36.0 Å². The van der Waals surface area contributed by atoms with Gasteiger partial charge in [0.15, 0.2) is 15.6 Å². The van der Waals surface area contributed by atoms with Gasteiger partial charge in [0.25, 0.3) is 5.91 Å². The Hall–Kier alpha value is -3.72. The Labute approximate surface area is 216 Å². The molecule has 8 nitrogen and oxygen atoms in total. The van der Waals surface area contributed by atoms with Crippen LogP contribution in [-0.4, -0.2) is 65.7 Å². The fourth-order valence-corrected chi connectivity index (χ4v) is 5.60. The number of ketones is 1. The summed E-state index contributed by atoms with van der Waals surface area (Å²) in [7, 11) is -3.40. The zero-order chi connectivity index (χ0) is 26.9. The van der Waals surface area contributed by atoms with Crippen molar-refractivity contribution in [1.29, 1.82) is 0 Å². The number of aromatic carboxylic acids is 1. The summed E-state index contributed by atoms with van der Waals surface area (Å²) in [5.41, 5.74) is 4.09. The van der Waals surface area contributed by atoms with Crippen LogP contribution in [0.1, 0.15) is 66.8 Å². The maximum atomic E-state index is 13.5. The second-order valence-electron chi connectivity index (χ2n) is 9.69. The van der Waals surface area contributed by atoms with Gasteiger partial charge in [-0.25, -0.2) is 13.2 Å². The molecule has 194 valence electrons. The number of aromatic nitrogens is 1. The van der Waals surface area contributed by atoms with Crippen LogP contribution in [0.5, 0.6) is 0 Å². The average Bonchev–Trinajstić information content (AvgIpc) is 3.19. The maximum absolute atomic E-state index is 13.5. The summed E-state index contributed by atoms with van der Waals surface area (Å²) in [5.74, 6) is -2.11. The summed E-state index contributed by atoms with van der Waals surface area (Å²) in [6, 6.07) is 15.4. The summed E-state index contributed by atoms with van der Waals surface area (Å²) in [6.45, 7) is 4.87. The average molecular weight is 523 g/mol.